The number of hydrogen-bond acceptors (Lipinski definition) is 3. The third-order valence-electron chi connectivity index (χ3n) is 2.81. The zero-order valence-electron chi connectivity index (χ0n) is 11.2. The van der Waals surface area contributed by atoms with Crippen molar-refractivity contribution >= 4 is 17.7 Å². The fourth-order valence-corrected chi connectivity index (χ4v) is 1.76. The molecule has 1 aromatic carbocycles. The van der Waals surface area contributed by atoms with Gasteiger partial charge in [-0.05, 0) is 26.2 Å². The first-order valence-electron chi connectivity index (χ1n) is 5.82. The van der Waals surface area contributed by atoms with Gasteiger partial charge >= 0.3 is 5.97 Å². The van der Waals surface area contributed by atoms with Gasteiger partial charge < -0.3 is 14.9 Å². The predicted molar refractivity (Wildman–Crippen MR) is 75.3 cm³/mol. The Labute approximate surface area is 108 Å². The smallest absolute Gasteiger partial charge is 0.336 e. The number of anilines is 1. The van der Waals surface area contributed by atoms with E-state index in [-0.39, 0.29) is 0 Å². The fourth-order valence-electron chi connectivity index (χ4n) is 1.76. The van der Waals surface area contributed by atoms with Gasteiger partial charge in [-0.25, -0.2) is 4.79 Å². The molecule has 98 valence electrons. The highest BCUT2D eigenvalue weighted by molar-refractivity contribution is 5.95. The minimum atomic E-state index is -0.923. The lowest BCUT2D eigenvalue weighted by atomic mass is 10.0. The van der Waals surface area contributed by atoms with Crippen LogP contribution in [0.2, 0.25) is 0 Å². The zero-order chi connectivity index (χ0) is 13.7. The first kappa shape index (κ1) is 14.3. The second-order valence-corrected chi connectivity index (χ2v) is 4.47. The van der Waals surface area contributed by atoms with Crippen LogP contribution in [-0.4, -0.2) is 50.2 Å². The molecule has 0 aliphatic rings. The average molecular weight is 248 g/mol. The summed E-state index contributed by atoms with van der Waals surface area (Å²) in [6, 6.07) is 5.28. The first-order chi connectivity index (χ1) is 8.47. The van der Waals surface area contributed by atoms with E-state index in [0.717, 1.165) is 18.8 Å². The molecule has 0 aliphatic heterocycles. The van der Waals surface area contributed by atoms with E-state index >= 15 is 0 Å². The number of nitrogens with zero attached hydrogens (tertiary/aromatic N) is 2. The van der Waals surface area contributed by atoms with Gasteiger partial charge in [0.25, 0.3) is 0 Å². The molecule has 0 atom stereocenters. The van der Waals surface area contributed by atoms with E-state index in [2.05, 4.69) is 11.5 Å². The Hall–Kier alpha value is -1.81. The van der Waals surface area contributed by atoms with Crippen LogP contribution in [0.4, 0.5) is 5.69 Å². The van der Waals surface area contributed by atoms with Crippen LogP contribution in [0, 0.1) is 0 Å². The highest BCUT2D eigenvalue weighted by atomic mass is 16.4. The van der Waals surface area contributed by atoms with Crippen molar-refractivity contribution in [3.05, 3.63) is 35.9 Å². The lowest BCUT2D eigenvalue weighted by molar-refractivity contribution is 0.0696. The van der Waals surface area contributed by atoms with Gasteiger partial charge in [0.15, 0.2) is 0 Å². The number of carbonyl (C=O) groups is 1. The van der Waals surface area contributed by atoms with E-state index in [1.807, 2.05) is 32.1 Å². The maximum Gasteiger partial charge on any atom is 0.336 e. The zero-order valence-corrected chi connectivity index (χ0v) is 11.2. The molecule has 1 N–H and O–H groups in total. The molecule has 0 fully saturated rings. The van der Waals surface area contributed by atoms with Crippen LogP contribution in [-0.2, 0) is 0 Å². The topological polar surface area (TPSA) is 43.8 Å². The van der Waals surface area contributed by atoms with Crippen molar-refractivity contribution in [2.45, 2.75) is 0 Å². The van der Waals surface area contributed by atoms with Crippen molar-refractivity contribution in [3.63, 3.8) is 0 Å². The minimum Gasteiger partial charge on any atom is -0.478 e. The van der Waals surface area contributed by atoms with Crippen LogP contribution < -0.4 is 4.90 Å². The number of carboxylic acids is 1. The maximum absolute atomic E-state index is 11.1. The number of aromatic carboxylic acids is 1. The summed E-state index contributed by atoms with van der Waals surface area (Å²) in [5, 5.41) is 9.15. The van der Waals surface area contributed by atoms with Gasteiger partial charge in [0.05, 0.1) is 5.56 Å². The van der Waals surface area contributed by atoms with E-state index in [1.54, 1.807) is 18.2 Å². The maximum atomic E-state index is 11.1. The van der Waals surface area contributed by atoms with Crippen LogP contribution in [0.25, 0.3) is 6.08 Å². The molecule has 0 bridgehead atoms. The molecule has 4 heteroatoms. The van der Waals surface area contributed by atoms with Gasteiger partial charge in [-0.15, -0.1) is 0 Å². The van der Waals surface area contributed by atoms with Crippen molar-refractivity contribution < 1.29 is 9.90 Å². The molecule has 0 spiro atoms. The number of benzene rings is 1. The molecule has 0 saturated heterocycles. The highest BCUT2D eigenvalue weighted by Crippen LogP contribution is 2.24. The average Bonchev–Trinajstić information content (AvgIpc) is 2.34. The molecule has 0 aromatic heterocycles. The Kier molecular flexibility index (Phi) is 4.92. The van der Waals surface area contributed by atoms with Crippen molar-refractivity contribution in [2.75, 3.05) is 39.1 Å². The molecule has 1 aromatic rings. The predicted octanol–water partition coefficient (Wildman–Crippen LogP) is 2.03. The molecule has 0 radical (unpaired) electrons. The Morgan fingerprint density at radius 2 is 2.00 bits per heavy atom. The van der Waals surface area contributed by atoms with E-state index < -0.39 is 5.97 Å². The summed E-state index contributed by atoms with van der Waals surface area (Å²) < 4.78 is 0. The lowest BCUT2D eigenvalue weighted by Gasteiger charge is -2.24. The molecule has 0 heterocycles. The molecule has 0 amide bonds. The van der Waals surface area contributed by atoms with Gasteiger partial charge in [-0.3, -0.25) is 0 Å². The number of carboxylic acid groups (broad SMARTS) is 1. The molecular formula is C14H20N2O2. The molecule has 1 rings (SSSR count). The summed E-state index contributed by atoms with van der Waals surface area (Å²) in [4.78, 5) is 15.3. The van der Waals surface area contributed by atoms with Crippen molar-refractivity contribution in [2.24, 2.45) is 0 Å². The van der Waals surface area contributed by atoms with Gasteiger partial charge in [-0.1, -0.05) is 18.7 Å². The van der Waals surface area contributed by atoms with E-state index in [4.69, 9.17) is 5.11 Å². The largest absolute Gasteiger partial charge is 0.478 e. The SMILES string of the molecule is C=Cc1c(C(=O)O)cccc1N(C)CCN(C)C. The van der Waals surface area contributed by atoms with Gasteiger partial charge in [0.2, 0.25) is 0 Å². The van der Waals surface area contributed by atoms with Crippen LogP contribution >= 0.6 is 0 Å². The third kappa shape index (κ3) is 3.34. The van der Waals surface area contributed by atoms with Crippen molar-refractivity contribution in [3.8, 4) is 0 Å². The Morgan fingerprint density at radius 1 is 1.33 bits per heavy atom. The normalized spacial score (nSPS) is 10.4. The standard InChI is InChI=1S/C14H20N2O2/c1-5-11-12(14(17)18)7-6-8-13(11)16(4)10-9-15(2)3/h5-8H,1,9-10H2,2-4H3,(H,17,18). The van der Waals surface area contributed by atoms with Crippen molar-refractivity contribution in [1.82, 2.24) is 4.90 Å². The van der Waals surface area contributed by atoms with Gasteiger partial charge in [0, 0.05) is 31.4 Å². The fraction of sp³-hybridized carbons (Fsp3) is 0.357. The first-order valence-corrected chi connectivity index (χ1v) is 5.82. The lowest BCUT2D eigenvalue weighted by Crippen LogP contribution is -2.29. The second-order valence-electron chi connectivity index (χ2n) is 4.47. The summed E-state index contributed by atoms with van der Waals surface area (Å²) in [7, 11) is 5.98. The third-order valence-corrected chi connectivity index (χ3v) is 2.81. The Bertz CT molecular complexity index is 441. The molecule has 0 unspecified atom stereocenters. The second kappa shape index (κ2) is 6.21. The Morgan fingerprint density at radius 3 is 2.50 bits per heavy atom. The van der Waals surface area contributed by atoms with E-state index in [9.17, 15) is 4.79 Å². The Balaban J connectivity index is 3.04. The molecule has 0 aliphatic carbocycles. The van der Waals surface area contributed by atoms with Crippen LogP contribution in [0.15, 0.2) is 24.8 Å². The monoisotopic (exact) mass is 248 g/mol. The minimum absolute atomic E-state index is 0.291. The summed E-state index contributed by atoms with van der Waals surface area (Å²) in [5.74, 6) is -0.923. The number of rotatable bonds is 6. The molecule has 18 heavy (non-hydrogen) atoms. The van der Waals surface area contributed by atoms with Crippen LogP contribution in [0.5, 0.6) is 0 Å². The van der Waals surface area contributed by atoms with Crippen LogP contribution in [0.1, 0.15) is 15.9 Å². The van der Waals surface area contributed by atoms with Gasteiger partial charge in [0.1, 0.15) is 0 Å². The summed E-state index contributed by atoms with van der Waals surface area (Å²) >= 11 is 0. The van der Waals surface area contributed by atoms with Crippen molar-refractivity contribution in [1.29, 1.82) is 0 Å². The number of likely N-dealkylation sites (N-methyl/N-ethyl adjacent to an activating group) is 2. The molecular weight excluding hydrogens is 228 g/mol. The van der Waals surface area contributed by atoms with Gasteiger partial charge in [-0.2, -0.15) is 0 Å². The quantitative estimate of drug-likeness (QED) is 0.836. The molecule has 4 nitrogen and oxygen atoms in total. The highest BCUT2D eigenvalue weighted by Gasteiger charge is 2.13. The van der Waals surface area contributed by atoms with Crippen LogP contribution in [0.3, 0.4) is 0 Å². The summed E-state index contributed by atoms with van der Waals surface area (Å²) in [6.45, 7) is 5.45. The number of hydrogen-bond donors (Lipinski definition) is 1. The summed E-state index contributed by atoms with van der Waals surface area (Å²) in [5.41, 5.74) is 1.86. The summed E-state index contributed by atoms with van der Waals surface area (Å²) in [6.07, 6.45) is 1.60. The van der Waals surface area contributed by atoms with E-state index in [0.29, 0.717) is 11.1 Å². The van der Waals surface area contributed by atoms with E-state index in [1.165, 1.54) is 0 Å². The molecule has 0 saturated carbocycles.